The van der Waals surface area contributed by atoms with E-state index < -0.39 is 6.10 Å². The zero-order valence-corrected chi connectivity index (χ0v) is 18.4. The van der Waals surface area contributed by atoms with Crippen LogP contribution >= 0.6 is 0 Å². The molecule has 2 atom stereocenters. The molecule has 3 N–H and O–H groups in total. The Balaban J connectivity index is 1.32. The van der Waals surface area contributed by atoms with Crippen LogP contribution in [0.2, 0.25) is 0 Å². The monoisotopic (exact) mass is 437 g/mol. The van der Waals surface area contributed by atoms with E-state index in [1.165, 1.54) is 11.1 Å². The number of hydrogen-bond acceptors (Lipinski definition) is 5. The summed E-state index contributed by atoms with van der Waals surface area (Å²) in [7, 11) is 0. The van der Waals surface area contributed by atoms with Crippen molar-refractivity contribution in [1.82, 2.24) is 15.5 Å². The molecule has 0 radical (unpaired) electrons. The molecule has 1 fully saturated rings. The van der Waals surface area contributed by atoms with E-state index in [9.17, 15) is 14.7 Å². The Morgan fingerprint density at radius 3 is 2.56 bits per heavy atom. The van der Waals surface area contributed by atoms with Gasteiger partial charge < -0.3 is 25.4 Å². The Morgan fingerprint density at radius 2 is 1.81 bits per heavy atom. The highest BCUT2D eigenvalue weighted by atomic mass is 16.5. The summed E-state index contributed by atoms with van der Waals surface area (Å²) in [5.41, 5.74) is 2.94. The largest absolute Gasteiger partial charge is 0.489 e. The number of aliphatic hydroxyl groups is 1. The lowest BCUT2D eigenvalue weighted by atomic mass is 9.93. The van der Waals surface area contributed by atoms with E-state index in [0.717, 1.165) is 19.3 Å². The Labute approximate surface area is 188 Å². The third-order valence-electron chi connectivity index (χ3n) is 6.36. The molecule has 2 aliphatic heterocycles. The van der Waals surface area contributed by atoms with Crippen LogP contribution in [0.3, 0.4) is 0 Å². The first kappa shape index (κ1) is 22.3. The van der Waals surface area contributed by atoms with Gasteiger partial charge in [-0.1, -0.05) is 36.4 Å². The lowest BCUT2D eigenvalue weighted by Gasteiger charge is -2.32. The number of rotatable bonds is 6. The van der Waals surface area contributed by atoms with Crippen LogP contribution in [0, 0.1) is 0 Å². The molecule has 0 saturated carbocycles. The van der Waals surface area contributed by atoms with Gasteiger partial charge in [-0.25, -0.2) is 0 Å². The molecule has 0 spiro atoms. The Bertz CT molecular complexity index is 956. The number of amides is 2. The minimum Gasteiger partial charge on any atom is -0.489 e. The molecule has 4 rings (SSSR count). The predicted molar refractivity (Wildman–Crippen MR) is 121 cm³/mol. The molecule has 2 amide bonds. The number of hydrogen-bond donors (Lipinski definition) is 3. The first-order valence-corrected chi connectivity index (χ1v) is 11.3. The van der Waals surface area contributed by atoms with E-state index >= 15 is 0 Å². The van der Waals surface area contributed by atoms with Gasteiger partial charge in [-0.2, -0.15) is 0 Å². The van der Waals surface area contributed by atoms with Gasteiger partial charge in [0.05, 0.1) is 11.7 Å². The SMILES string of the molecule is CC(=O)N1CCC(Oc2ccccc2C(=O)NC[C@@H](O)[C@@H]2Cc3ccccc3CN2)CC1. The lowest BCUT2D eigenvalue weighted by Crippen LogP contribution is -2.49. The van der Waals surface area contributed by atoms with Crippen molar-refractivity contribution in [2.75, 3.05) is 19.6 Å². The zero-order valence-electron chi connectivity index (χ0n) is 18.4. The van der Waals surface area contributed by atoms with Crippen molar-refractivity contribution >= 4 is 11.8 Å². The van der Waals surface area contributed by atoms with Crippen molar-refractivity contribution in [3.05, 3.63) is 65.2 Å². The standard InChI is InChI=1S/C25H31N3O4/c1-17(29)28-12-10-20(11-13-28)32-24-9-5-4-8-21(24)25(31)27-16-23(30)22-14-18-6-2-3-7-19(18)15-26-22/h2-9,20,22-23,26,30H,10-16H2,1H3,(H,27,31)/t22-,23+/m0/s1. The molecule has 2 aliphatic rings. The van der Waals surface area contributed by atoms with Crippen molar-refractivity contribution < 1.29 is 19.4 Å². The van der Waals surface area contributed by atoms with Crippen molar-refractivity contribution in [3.8, 4) is 5.75 Å². The molecule has 0 aliphatic carbocycles. The summed E-state index contributed by atoms with van der Waals surface area (Å²) in [5, 5.41) is 16.9. The van der Waals surface area contributed by atoms with Crippen LogP contribution in [0.1, 0.15) is 41.3 Å². The average molecular weight is 438 g/mol. The highest BCUT2D eigenvalue weighted by Gasteiger charge is 2.26. The van der Waals surface area contributed by atoms with Gasteiger partial charge in [-0.15, -0.1) is 0 Å². The van der Waals surface area contributed by atoms with Crippen LogP contribution in [0.4, 0.5) is 0 Å². The number of aliphatic hydroxyl groups excluding tert-OH is 1. The summed E-state index contributed by atoms with van der Waals surface area (Å²) in [5.74, 6) is 0.347. The van der Waals surface area contributed by atoms with E-state index in [-0.39, 0.29) is 30.5 Å². The molecule has 2 aromatic carbocycles. The molecule has 1 saturated heterocycles. The van der Waals surface area contributed by atoms with Gasteiger partial charge in [0.2, 0.25) is 5.91 Å². The summed E-state index contributed by atoms with van der Waals surface area (Å²) in [6.45, 7) is 3.78. The molecule has 0 unspecified atom stereocenters. The molecular formula is C25H31N3O4. The van der Waals surface area contributed by atoms with E-state index in [1.54, 1.807) is 25.1 Å². The zero-order chi connectivity index (χ0) is 22.5. The van der Waals surface area contributed by atoms with Gasteiger partial charge in [-0.05, 0) is 29.7 Å². The molecule has 2 aromatic rings. The third kappa shape index (κ3) is 5.29. The number of carbonyl (C=O) groups excluding carboxylic acids is 2. The normalized spacial score (nSPS) is 19.7. The number of nitrogens with one attached hydrogen (secondary N) is 2. The number of fused-ring (bicyclic) bond motifs is 1. The van der Waals surface area contributed by atoms with Gasteiger partial charge in [0.1, 0.15) is 11.9 Å². The number of carbonyl (C=O) groups is 2. The fraction of sp³-hybridized carbons (Fsp3) is 0.440. The van der Waals surface area contributed by atoms with Gasteiger partial charge in [0, 0.05) is 52.0 Å². The summed E-state index contributed by atoms with van der Waals surface area (Å²) in [4.78, 5) is 26.2. The summed E-state index contributed by atoms with van der Waals surface area (Å²) < 4.78 is 6.12. The lowest BCUT2D eigenvalue weighted by molar-refractivity contribution is -0.130. The highest BCUT2D eigenvalue weighted by molar-refractivity contribution is 5.96. The number of piperidine rings is 1. The minimum absolute atomic E-state index is 0.0309. The second-order valence-electron chi connectivity index (χ2n) is 8.56. The summed E-state index contributed by atoms with van der Waals surface area (Å²) in [6, 6.07) is 15.3. The summed E-state index contributed by atoms with van der Waals surface area (Å²) >= 11 is 0. The van der Waals surface area contributed by atoms with Crippen LogP contribution < -0.4 is 15.4 Å². The minimum atomic E-state index is -0.698. The van der Waals surface area contributed by atoms with Crippen molar-refractivity contribution in [2.24, 2.45) is 0 Å². The number of para-hydroxylation sites is 1. The van der Waals surface area contributed by atoms with Crippen LogP contribution in [0.5, 0.6) is 5.75 Å². The van der Waals surface area contributed by atoms with Crippen LogP contribution in [-0.2, 0) is 17.8 Å². The van der Waals surface area contributed by atoms with Gasteiger partial charge in [0.25, 0.3) is 5.91 Å². The van der Waals surface area contributed by atoms with Crippen LogP contribution in [-0.4, -0.2) is 59.7 Å². The molecule has 0 aromatic heterocycles. The molecule has 7 heteroatoms. The molecule has 2 heterocycles. The van der Waals surface area contributed by atoms with Crippen molar-refractivity contribution in [2.45, 2.75) is 51.0 Å². The van der Waals surface area contributed by atoms with E-state index in [0.29, 0.717) is 30.9 Å². The topological polar surface area (TPSA) is 90.9 Å². The quantitative estimate of drug-likeness (QED) is 0.642. The third-order valence-corrected chi connectivity index (χ3v) is 6.36. The molecular weight excluding hydrogens is 406 g/mol. The number of likely N-dealkylation sites (tertiary alicyclic amines) is 1. The second kappa shape index (κ2) is 10.1. The Kier molecular flexibility index (Phi) is 7.07. The highest BCUT2D eigenvalue weighted by Crippen LogP contribution is 2.23. The smallest absolute Gasteiger partial charge is 0.255 e. The van der Waals surface area contributed by atoms with Gasteiger partial charge >= 0.3 is 0 Å². The number of nitrogens with zero attached hydrogens (tertiary/aromatic N) is 1. The molecule has 32 heavy (non-hydrogen) atoms. The van der Waals surface area contributed by atoms with Crippen molar-refractivity contribution in [3.63, 3.8) is 0 Å². The van der Waals surface area contributed by atoms with E-state index in [2.05, 4.69) is 22.8 Å². The predicted octanol–water partition coefficient (Wildman–Crippen LogP) is 1.88. The van der Waals surface area contributed by atoms with Crippen LogP contribution in [0.25, 0.3) is 0 Å². The number of benzene rings is 2. The maximum Gasteiger partial charge on any atom is 0.255 e. The molecule has 7 nitrogen and oxygen atoms in total. The Morgan fingerprint density at radius 1 is 1.12 bits per heavy atom. The Hall–Kier alpha value is -2.90. The molecule has 0 bridgehead atoms. The maximum absolute atomic E-state index is 12.9. The average Bonchev–Trinajstić information content (AvgIpc) is 2.82. The van der Waals surface area contributed by atoms with Gasteiger partial charge in [-0.3, -0.25) is 9.59 Å². The second-order valence-corrected chi connectivity index (χ2v) is 8.56. The van der Waals surface area contributed by atoms with Gasteiger partial charge in [0.15, 0.2) is 0 Å². The first-order chi connectivity index (χ1) is 15.5. The number of ether oxygens (including phenoxy) is 1. The first-order valence-electron chi connectivity index (χ1n) is 11.3. The summed E-state index contributed by atoms with van der Waals surface area (Å²) in [6.07, 6.45) is 1.48. The van der Waals surface area contributed by atoms with E-state index in [1.807, 2.05) is 23.1 Å². The van der Waals surface area contributed by atoms with Crippen molar-refractivity contribution in [1.29, 1.82) is 0 Å². The fourth-order valence-electron chi connectivity index (χ4n) is 4.41. The fourth-order valence-corrected chi connectivity index (χ4v) is 4.41. The molecule has 170 valence electrons. The van der Waals surface area contributed by atoms with E-state index in [4.69, 9.17) is 4.74 Å². The van der Waals surface area contributed by atoms with Crippen LogP contribution in [0.15, 0.2) is 48.5 Å². The maximum atomic E-state index is 12.9.